The smallest absolute Gasteiger partial charge is 0.211 e. The highest BCUT2D eigenvalue weighted by Gasteiger charge is 2.24. The van der Waals surface area contributed by atoms with Crippen LogP contribution in [0.25, 0.3) is 0 Å². The van der Waals surface area contributed by atoms with Crippen molar-refractivity contribution in [3.63, 3.8) is 0 Å². The third kappa shape index (κ3) is 1.61. The van der Waals surface area contributed by atoms with E-state index in [1.807, 2.05) is 0 Å². The lowest BCUT2D eigenvalue weighted by Crippen LogP contribution is -2.08. The minimum absolute atomic E-state index is 0.146. The molecule has 0 saturated carbocycles. The summed E-state index contributed by atoms with van der Waals surface area (Å²) in [4.78, 5) is 9.90. The van der Waals surface area contributed by atoms with E-state index < -0.39 is 34.5 Å². The van der Waals surface area contributed by atoms with Gasteiger partial charge in [0.2, 0.25) is 6.41 Å². The first kappa shape index (κ1) is 11.0. The summed E-state index contributed by atoms with van der Waals surface area (Å²) in [5.41, 5.74) is -2.64. The van der Waals surface area contributed by atoms with Gasteiger partial charge < -0.3 is 5.32 Å². The Hall–Kier alpha value is -2.10. The number of hydrogen-bond donors (Lipinski definition) is 1. The Morgan fingerprint density at radius 3 is 1.87 bits per heavy atom. The van der Waals surface area contributed by atoms with Crippen LogP contribution < -0.4 is 5.32 Å². The van der Waals surface area contributed by atoms with E-state index in [0.717, 1.165) is 6.07 Å². The zero-order valence-corrected chi connectivity index (χ0v) is 6.94. The molecule has 1 N–H and O–H groups in total. The van der Waals surface area contributed by atoms with E-state index in [0.29, 0.717) is 0 Å². The molecule has 0 spiro atoms. The van der Waals surface area contributed by atoms with E-state index in [1.165, 1.54) is 5.32 Å². The molecule has 7 heteroatoms. The quantitative estimate of drug-likeness (QED) is 0.466. The SMILES string of the molecule is N#Cc1c(F)c(F)c(NC=O)c(F)c1F. The van der Waals surface area contributed by atoms with Crippen molar-refractivity contribution in [2.24, 2.45) is 0 Å². The van der Waals surface area contributed by atoms with Gasteiger partial charge in [-0.1, -0.05) is 0 Å². The van der Waals surface area contributed by atoms with Gasteiger partial charge in [0.1, 0.15) is 17.3 Å². The lowest BCUT2D eigenvalue weighted by atomic mass is 10.1. The fourth-order valence-electron chi connectivity index (χ4n) is 0.915. The molecule has 0 aliphatic rings. The number of halogens is 4. The molecular formula is C8H2F4N2O. The number of carbonyl (C=O) groups excluding carboxylic acids is 1. The molecule has 0 saturated heterocycles. The predicted octanol–water partition coefficient (Wildman–Crippen LogP) is 1.68. The van der Waals surface area contributed by atoms with Crippen LogP contribution in [0.3, 0.4) is 0 Å². The number of nitriles is 1. The monoisotopic (exact) mass is 218 g/mol. The minimum Gasteiger partial charge on any atom is -0.324 e. The summed E-state index contributed by atoms with van der Waals surface area (Å²) in [6.45, 7) is 0. The fraction of sp³-hybridized carbons (Fsp3) is 0. The second kappa shape index (κ2) is 3.96. The van der Waals surface area contributed by atoms with Crippen molar-refractivity contribution < 1.29 is 22.4 Å². The molecule has 0 heterocycles. The molecule has 1 rings (SSSR count). The van der Waals surface area contributed by atoms with Crippen LogP contribution in [0.2, 0.25) is 0 Å². The van der Waals surface area contributed by atoms with Gasteiger partial charge >= 0.3 is 0 Å². The van der Waals surface area contributed by atoms with E-state index in [2.05, 4.69) is 0 Å². The average molecular weight is 218 g/mol. The van der Waals surface area contributed by atoms with Gasteiger partial charge in [-0.15, -0.1) is 0 Å². The second-order valence-corrected chi connectivity index (χ2v) is 2.38. The van der Waals surface area contributed by atoms with Crippen molar-refractivity contribution in [1.82, 2.24) is 0 Å². The van der Waals surface area contributed by atoms with Crippen molar-refractivity contribution >= 4 is 12.1 Å². The highest BCUT2D eigenvalue weighted by molar-refractivity contribution is 5.72. The number of nitrogens with zero attached hydrogens (tertiary/aromatic N) is 1. The molecule has 0 bridgehead atoms. The topological polar surface area (TPSA) is 52.9 Å². The third-order valence-corrected chi connectivity index (χ3v) is 1.58. The van der Waals surface area contributed by atoms with Gasteiger partial charge in [-0.05, 0) is 0 Å². The van der Waals surface area contributed by atoms with E-state index in [9.17, 15) is 22.4 Å². The number of benzene rings is 1. The lowest BCUT2D eigenvalue weighted by Gasteiger charge is -2.06. The second-order valence-electron chi connectivity index (χ2n) is 2.38. The Morgan fingerprint density at radius 1 is 1.07 bits per heavy atom. The van der Waals surface area contributed by atoms with Gasteiger partial charge in [0, 0.05) is 0 Å². The molecule has 1 amide bonds. The number of hydrogen-bond acceptors (Lipinski definition) is 2. The Labute approximate surface area is 80.9 Å². The fourth-order valence-corrected chi connectivity index (χ4v) is 0.915. The van der Waals surface area contributed by atoms with Gasteiger partial charge in [0.05, 0.1) is 0 Å². The largest absolute Gasteiger partial charge is 0.324 e. The number of rotatable bonds is 2. The van der Waals surface area contributed by atoms with Crippen molar-refractivity contribution in [3.05, 3.63) is 28.8 Å². The molecule has 0 atom stereocenters. The average Bonchev–Trinajstić information content (AvgIpc) is 2.23. The van der Waals surface area contributed by atoms with Crippen LogP contribution in [-0.4, -0.2) is 6.41 Å². The summed E-state index contributed by atoms with van der Waals surface area (Å²) < 4.78 is 51.6. The molecule has 0 radical (unpaired) electrons. The van der Waals surface area contributed by atoms with Crippen LogP contribution in [0.15, 0.2) is 0 Å². The van der Waals surface area contributed by atoms with Crippen molar-refractivity contribution in [2.75, 3.05) is 5.32 Å². The van der Waals surface area contributed by atoms with Crippen molar-refractivity contribution in [1.29, 1.82) is 5.26 Å². The van der Waals surface area contributed by atoms with Gasteiger partial charge in [0.25, 0.3) is 0 Å². The Bertz CT molecular complexity index is 438. The molecule has 78 valence electrons. The Morgan fingerprint density at radius 2 is 1.53 bits per heavy atom. The van der Waals surface area contributed by atoms with Crippen LogP contribution in [0.4, 0.5) is 23.2 Å². The number of anilines is 1. The molecule has 0 fully saturated rings. The van der Waals surface area contributed by atoms with Crippen LogP contribution in [0, 0.1) is 34.6 Å². The zero-order valence-electron chi connectivity index (χ0n) is 6.94. The molecule has 0 aliphatic carbocycles. The summed E-state index contributed by atoms with van der Waals surface area (Å²) in [5.74, 6) is -7.34. The van der Waals surface area contributed by atoms with Gasteiger partial charge in [0.15, 0.2) is 23.3 Å². The number of amides is 1. The zero-order chi connectivity index (χ0) is 11.6. The van der Waals surface area contributed by atoms with Crippen LogP contribution in [-0.2, 0) is 4.79 Å². The maximum absolute atomic E-state index is 12.9. The van der Waals surface area contributed by atoms with E-state index in [-0.39, 0.29) is 6.41 Å². The first-order valence-corrected chi connectivity index (χ1v) is 3.50. The molecule has 3 nitrogen and oxygen atoms in total. The normalized spacial score (nSPS) is 9.53. The molecular weight excluding hydrogens is 216 g/mol. The number of nitrogens with one attached hydrogen (secondary N) is 1. The van der Waals surface area contributed by atoms with E-state index >= 15 is 0 Å². The summed E-state index contributed by atoms with van der Waals surface area (Å²) >= 11 is 0. The maximum atomic E-state index is 12.9. The molecule has 0 aromatic heterocycles. The third-order valence-electron chi connectivity index (χ3n) is 1.58. The van der Waals surface area contributed by atoms with Gasteiger partial charge in [-0.3, -0.25) is 4.79 Å². The summed E-state index contributed by atoms with van der Waals surface area (Å²) in [6.07, 6.45) is -0.146. The first-order chi connectivity index (χ1) is 7.04. The van der Waals surface area contributed by atoms with Gasteiger partial charge in [-0.25, -0.2) is 17.6 Å². The van der Waals surface area contributed by atoms with Crippen molar-refractivity contribution in [2.45, 2.75) is 0 Å². The number of carbonyl (C=O) groups is 1. The summed E-state index contributed by atoms with van der Waals surface area (Å²) in [5, 5.41) is 9.67. The van der Waals surface area contributed by atoms with Crippen molar-refractivity contribution in [3.8, 4) is 6.07 Å². The Kier molecular flexibility index (Phi) is 2.90. The van der Waals surface area contributed by atoms with Crippen LogP contribution >= 0.6 is 0 Å². The highest BCUT2D eigenvalue weighted by atomic mass is 19.2. The molecule has 1 aromatic rings. The van der Waals surface area contributed by atoms with Crippen LogP contribution in [0.5, 0.6) is 0 Å². The van der Waals surface area contributed by atoms with E-state index in [1.54, 1.807) is 0 Å². The summed E-state index contributed by atoms with van der Waals surface area (Å²) in [7, 11) is 0. The van der Waals surface area contributed by atoms with Crippen LogP contribution in [0.1, 0.15) is 5.56 Å². The maximum Gasteiger partial charge on any atom is 0.211 e. The minimum atomic E-state index is -1.85. The predicted molar refractivity (Wildman–Crippen MR) is 40.7 cm³/mol. The summed E-state index contributed by atoms with van der Waals surface area (Å²) in [6, 6.07) is 0.968. The highest BCUT2D eigenvalue weighted by Crippen LogP contribution is 2.27. The van der Waals surface area contributed by atoms with E-state index in [4.69, 9.17) is 5.26 Å². The van der Waals surface area contributed by atoms with Gasteiger partial charge in [-0.2, -0.15) is 5.26 Å². The standard InChI is InChI=1S/C8H2F4N2O/c9-4-3(1-13)5(10)7(12)8(6(4)11)14-2-15/h2H,(H,14,15). The molecule has 0 unspecified atom stereocenters. The molecule has 1 aromatic carbocycles. The first-order valence-electron chi connectivity index (χ1n) is 3.50. The Balaban J connectivity index is 3.60. The lowest BCUT2D eigenvalue weighted by molar-refractivity contribution is -0.105. The molecule has 15 heavy (non-hydrogen) atoms. The molecule has 0 aliphatic heterocycles.